The summed E-state index contributed by atoms with van der Waals surface area (Å²) in [5, 5.41) is 0.478. The van der Waals surface area contributed by atoms with Crippen LogP contribution in [0.25, 0.3) is 0 Å². The Balaban J connectivity index is 1.98. The van der Waals surface area contributed by atoms with E-state index in [1.807, 2.05) is 0 Å². The average Bonchev–Trinajstić information content (AvgIpc) is 2.77. The van der Waals surface area contributed by atoms with Gasteiger partial charge < -0.3 is 0 Å². The molecule has 1 unspecified atom stereocenters. The number of sulfonamides is 2. The maximum atomic E-state index is 12.8. The van der Waals surface area contributed by atoms with E-state index < -0.39 is 31.9 Å². The van der Waals surface area contributed by atoms with Crippen molar-refractivity contribution in [3.8, 4) is 0 Å². The quantitative estimate of drug-likeness (QED) is 0.749. The minimum atomic E-state index is -4.02. The standard InChI is InChI=1S/C17H16Cl2N2O5S2/c1-10-7-13(21-17(22)11(2)9-27(21,23)24)4-6-16(10)28(25,26)20-15-8-12(18)3-5-14(15)19/h3-8,11,20H,9H2,1-2H3. The maximum absolute atomic E-state index is 12.8. The Labute approximate surface area is 173 Å². The summed E-state index contributed by atoms with van der Waals surface area (Å²) in [5.74, 6) is -1.47. The third kappa shape index (κ3) is 3.84. The van der Waals surface area contributed by atoms with Gasteiger partial charge in [0.1, 0.15) is 0 Å². The zero-order valence-electron chi connectivity index (χ0n) is 14.8. The van der Waals surface area contributed by atoms with E-state index in [1.165, 1.54) is 50.2 Å². The van der Waals surface area contributed by atoms with Gasteiger partial charge in [-0.05, 0) is 48.9 Å². The van der Waals surface area contributed by atoms with Crippen molar-refractivity contribution < 1.29 is 21.6 Å². The molecule has 1 heterocycles. The molecule has 0 saturated carbocycles. The minimum absolute atomic E-state index is 0.0793. The fraction of sp³-hybridized carbons (Fsp3) is 0.235. The molecule has 1 aliphatic heterocycles. The largest absolute Gasteiger partial charge is 0.278 e. The van der Waals surface area contributed by atoms with E-state index in [2.05, 4.69) is 4.72 Å². The molecule has 1 N–H and O–H groups in total. The predicted molar refractivity (Wildman–Crippen MR) is 109 cm³/mol. The lowest BCUT2D eigenvalue weighted by Crippen LogP contribution is -2.30. The number of rotatable bonds is 4. The fourth-order valence-electron chi connectivity index (χ4n) is 2.92. The Hall–Kier alpha value is -1.81. The fourth-order valence-corrected chi connectivity index (χ4v) is 6.43. The molecule has 0 aromatic heterocycles. The van der Waals surface area contributed by atoms with Crippen LogP contribution in [-0.4, -0.2) is 28.5 Å². The second kappa shape index (κ2) is 7.22. The highest BCUT2D eigenvalue weighted by Crippen LogP contribution is 2.32. The molecular formula is C17H16Cl2N2O5S2. The number of benzene rings is 2. The highest BCUT2D eigenvalue weighted by Gasteiger charge is 2.42. The number of aryl methyl sites for hydroxylation is 1. The maximum Gasteiger partial charge on any atom is 0.262 e. The van der Waals surface area contributed by atoms with Crippen LogP contribution in [0.4, 0.5) is 11.4 Å². The van der Waals surface area contributed by atoms with Gasteiger partial charge in [0.05, 0.1) is 33.0 Å². The lowest BCUT2D eigenvalue weighted by Gasteiger charge is -2.18. The van der Waals surface area contributed by atoms with Gasteiger partial charge in [0.25, 0.3) is 10.0 Å². The monoisotopic (exact) mass is 462 g/mol. The van der Waals surface area contributed by atoms with Gasteiger partial charge in [-0.25, -0.2) is 21.1 Å². The molecular weight excluding hydrogens is 447 g/mol. The van der Waals surface area contributed by atoms with Crippen molar-refractivity contribution in [3.05, 3.63) is 52.0 Å². The summed E-state index contributed by atoms with van der Waals surface area (Å²) in [6.45, 7) is 3.04. The first-order valence-corrected chi connectivity index (χ1v) is 11.9. The van der Waals surface area contributed by atoms with Crippen LogP contribution in [0.5, 0.6) is 0 Å². The Kier molecular flexibility index (Phi) is 5.39. The summed E-state index contributed by atoms with van der Waals surface area (Å²) < 4.78 is 53.1. The van der Waals surface area contributed by atoms with E-state index in [4.69, 9.17) is 23.2 Å². The molecule has 28 heavy (non-hydrogen) atoms. The summed E-state index contributed by atoms with van der Waals surface area (Å²) in [6, 6.07) is 8.24. The van der Waals surface area contributed by atoms with Crippen LogP contribution in [0.3, 0.4) is 0 Å². The molecule has 1 aliphatic rings. The lowest BCUT2D eigenvalue weighted by atomic mass is 10.2. The van der Waals surface area contributed by atoms with Gasteiger partial charge in [-0.3, -0.25) is 9.52 Å². The van der Waals surface area contributed by atoms with E-state index in [0.717, 1.165) is 4.31 Å². The normalized spacial score (nSPS) is 19.1. The van der Waals surface area contributed by atoms with Crippen LogP contribution in [-0.2, 0) is 24.8 Å². The third-order valence-electron chi connectivity index (χ3n) is 4.22. The van der Waals surface area contributed by atoms with Crippen LogP contribution in [0.15, 0.2) is 41.3 Å². The first kappa shape index (κ1) is 20.9. The predicted octanol–water partition coefficient (Wildman–Crippen LogP) is 3.42. The number of nitrogens with one attached hydrogen (secondary N) is 1. The number of hydrogen-bond acceptors (Lipinski definition) is 5. The van der Waals surface area contributed by atoms with Crippen molar-refractivity contribution in [2.24, 2.45) is 5.92 Å². The SMILES string of the molecule is Cc1cc(N2C(=O)C(C)CS2(=O)=O)ccc1S(=O)(=O)Nc1cc(Cl)ccc1Cl. The Morgan fingerprint density at radius 1 is 1.14 bits per heavy atom. The summed E-state index contributed by atoms with van der Waals surface area (Å²) in [6.07, 6.45) is 0. The number of carbonyl (C=O) groups excluding carboxylic acids is 1. The zero-order chi connectivity index (χ0) is 20.9. The topological polar surface area (TPSA) is 101 Å². The molecule has 0 radical (unpaired) electrons. The van der Waals surface area contributed by atoms with Gasteiger partial charge >= 0.3 is 0 Å². The second-order valence-electron chi connectivity index (χ2n) is 6.46. The smallest absolute Gasteiger partial charge is 0.262 e. The summed E-state index contributed by atoms with van der Waals surface area (Å²) in [7, 11) is -7.80. The number of nitrogens with zero attached hydrogens (tertiary/aromatic N) is 1. The van der Waals surface area contributed by atoms with Crippen LogP contribution in [0, 0.1) is 12.8 Å². The Morgan fingerprint density at radius 3 is 2.39 bits per heavy atom. The van der Waals surface area contributed by atoms with E-state index in [1.54, 1.807) is 0 Å². The second-order valence-corrected chi connectivity index (χ2v) is 10.8. The van der Waals surface area contributed by atoms with Gasteiger partial charge in [-0.2, -0.15) is 0 Å². The van der Waals surface area contributed by atoms with Gasteiger partial charge in [0.15, 0.2) is 0 Å². The zero-order valence-corrected chi connectivity index (χ0v) is 18.0. The Bertz CT molecular complexity index is 1180. The highest BCUT2D eigenvalue weighted by atomic mass is 35.5. The third-order valence-corrected chi connectivity index (χ3v) is 8.17. The van der Waals surface area contributed by atoms with Gasteiger partial charge in [-0.15, -0.1) is 0 Å². The van der Waals surface area contributed by atoms with Crippen LogP contribution >= 0.6 is 23.2 Å². The highest BCUT2D eigenvalue weighted by molar-refractivity contribution is 7.94. The molecule has 2 aromatic rings. The molecule has 3 rings (SSSR count). The van der Waals surface area contributed by atoms with E-state index >= 15 is 0 Å². The van der Waals surface area contributed by atoms with Crippen LogP contribution in [0.1, 0.15) is 12.5 Å². The molecule has 1 fully saturated rings. The summed E-state index contributed by atoms with van der Waals surface area (Å²) in [5.41, 5.74) is 0.487. The van der Waals surface area contributed by atoms with Crippen molar-refractivity contribution in [1.29, 1.82) is 0 Å². The molecule has 150 valence electrons. The van der Waals surface area contributed by atoms with Crippen LogP contribution < -0.4 is 9.03 Å². The van der Waals surface area contributed by atoms with Crippen molar-refractivity contribution in [1.82, 2.24) is 0 Å². The number of carbonyl (C=O) groups is 1. The number of amides is 1. The van der Waals surface area contributed by atoms with Gasteiger partial charge in [0.2, 0.25) is 15.9 Å². The van der Waals surface area contributed by atoms with E-state index in [9.17, 15) is 21.6 Å². The summed E-state index contributed by atoms with van der Waals surface area (Å²) in [4.78, 5) is 12.1. The molecule has 0 bridgehead atoms. The number of halogens is 2. The molecule has 1 atom stereocenters. The minimum Gasteiger partial charge on any atom is -0.278 e. The first-order valence-electron chi connectivity index (χ1n) is 8.08. The lowest BCUT2D eigenvalue weighted by molar-refractivity contribution is -0.119. The average molecular weight is 463 g/mol. The number of anilines is 2. The van der Waals surface area contributed by atoms with Crippen molar-refractivity contribution in [2.75, 3.05) is 14.8 Å². The van der Waals surface area contributed by atoms with Gasteiger partial charge in [0, 0.05) is 5.02 Å². The number of hydrogen-bond donors (Lipinski definition) is 1. The Morgan fingerprint density at radius 2 is 1.82 bits per heavy atom. The van der Waals surface area contributed by atoms with Crippen molar-refractivity contribution in [2.45, 2.75) is 18.7 Å². The van der Waals surface area contributed by atoms with Crippen LogP contribution in [0.2, 0.25) is 10.0 Å². The molecule has 1 amide bonds. The van der Waals surface area contributed by atoms with Gasteiger partial charge in [-0.1, -0.05) is 30.1 Å². The molecule has 2 aromatic carbocycles. The molecule has 0 aliphatic carbocycles. The van der Waals surface area contributed by atoms with Crippen molar-refractivity contribution >= 4 is 60.5 Å². The molecule has 11 heteroatoms. The molecule has 7 nitrogen and oxygen atoms in total. The molecule has 0 spiro atoms. The van der Waals surface area contributed by atoms with Crippen molar-refractivity contribution in [3.63, 3.8) is 0 Å². The first-order chi connectivity index (χ1) is 12.9. The van der Waals surface area contributed by atoms with E-state index in [0.29, 0.717) is 5.02 Å². The van der Waals surface area contributed by atoms with E-state index in [-0.39, 0.29) is 32.6 Å². The molecule has 1 saturated heterocycles. The summed E-state index contributed by atoms with van der Waals surface area (Å²) >= 11 is 11.9.